The van der Waals surface area contributed by atoms with Crippen LogP contribution in [0.5, 0.6) is 23.1 Å². The van der Waals surface area contributed by atoms with E-state index >= 15 is 0 Å². The van der Waals surface area contributed by atoms with Gasteiger partial charge in [-0.25, -0.2) is 0 Å². The van der Waals surface area contributed by atoms with E-state index in [1.54, 1.807) is 21.3 Å². The zero-order valence-corrected chi connectivity index (χ0v) is 15.8. The fraction of sp³-hybridized carbons (Fsp3) is 0.238. The van der Waals surface area contributed by atoms with Crippen LogP contribution >= 0.6 is 0 Å². The van der Waals surface area contributed by atoms with Crippen LogP contribution < -0.4 is 18.9 Å². The van der Waals surface area contributed by atoms with Crippen molar-refractivity contribution in [3.63, 3.8) is 0 Å². The average Bonchev–Trinajstić information content (AvgIpc) is 3.16. The number of carbonyl (C=O) groups excluding carboxylic acids is 1. The van der Waals surface area contributed by atoms with Crippen molar-refractivity contribution in [2.45, 2.75) is 12.3 Å². The number of H-pyrrole nitrogens is 1. The number of methoxy groups -OCH3 is 3. The number of hydrogen-bond acceptors (Lipinski definition) is 6. The number of esters is 1. The maximum atomic E-state index is 12.2. The number of aromatic amines is 1. The molecule has 1 atom stereocenters. The summed E-state index contributed by atoms with van der Waals surface area (Å²) in [4.78, 5) is 12.2. The van der Waals surface area contributed by atoms with Crippen LogP contribution in [-0.2, 0) is 4.79 Å². The molecule has 1 aliphatic rings. The zero-order valence-electron chi connectivity index (χ0n) is 15.8. The van der Waals surface area contributed by atoms with E-state index in [1.807, 2.05) is 42.5 Å². The van der Waals surface area contributed by atoms with Crippen LogP contribution in [0.25, 0.3) is 11.3 Å². The van der Waals surface area contributed by atoms with Crippen LogP contribution in [0.1, 0.15) is 23.5 Å². The predicted molar refractivity (Wildman–Crippen MR) is 102 cm³/mol. The van der Waals surface area contributed by atoms with E-state index in [2.05, 4.69) is 10.2 Å². The summed E-state index contributed by atoms with van der Waals surface area (Å²) in [5.41, 5.74) is 3.47. The lowest BCUT2D eigenvalue weighted by molar-refractivity contribution is -0.135. The molecule has 0 bridgehead atoms. The van der Waals surface area contributed by atoms with Gasteiger partial charge in [0.25, 0.3) is 0 Å². The van der Waals surface area contributed by atoms with Gasteiger partial charge in [-0.05, 0) is 23.3 Å². The lowest BCUT2D eigenvalue weighted by Gasteiger charge is -2.24. The highest BCUT2D eigenvalue weighted by atomic mass is 16.5. The van der Waals surface area contributed by atoms with Gasteiger partial charge in [0.05, 0.1) is 39.0 Å². The van der Waals surface area contributed by atoms with E-state index < -0.39 is 0 Å². The Morgan fingerprint density at radius 1 is 1.04 bits per heavy atom. The van der Waals surface area contributed by atoms with E-state index in [9.17, 15) is 4.79 Å². The molecule has 0 fully saturated rings. The fourth-order valence-corrected chi connectivity index (χ4v) is 3.57. The summed E-state index contributed by atoms with van der Waals surface area (Å²) in [7, 11) is 4.68. The standard InChI is InChI=1S/C21H20N2O5/c1-25-15-9-13(10-16(26-2)20(15)27-3)14-11-17(24)28-21-18(14)19(22-23-21)12-7-5-4-6-8-12/h4-10,14H,11H2,1-3H3,(H,22,23)/t14-/m1/s1. The van der Waals surface area contributed by atoms with Gasteiger partial charge in [0, 0.05) is 5.92 Å². The fourth-order valence-electron chi connectivity index (χ4n) is 3.57. The number of rotatable bonds is 5. The largest absolute Gasteiger partial charge is 0.493 e. The van der Waals surface area contributed by atoms with E-state index in [0.29, 0.717) is 23.1 Å². The van der Waals surface area contributed by atoms with Crippen LogP contribution in [0, 0.1) is 0 Å². The quantitative estimate of drug-likeness (QED) is 0.682. The topological polar surface area (TPSA) is 82.7 Å². The number of ether oxygens (including phenoxy) is 4. The minimum atomic E-state index is -0.336. The maximum Gasteiger partial charge on any atom is 0.313 e. The van der Waals surface area contributed by atoms with Gasteiger partial charge in [0.1, 0.15) is 0 Å². The average molecular weight is 380 g/mol. The van der Waals surface area contributed by atoms with Gasteiger partial charge in [-0.2, -0.15) is 0 Å². The SMILES string of the molecule is COc1cc([C@H]2CC(=O)Oc3n[nH]c(-c4ccccc4)c32)cc(OC)c1OC. The van der Waals surface area contributed by atoms with Crippen molar-refractivity contribution in [2.75, 3.05) is 21.3 Å². The molecule has 1 aromatic heterocycles. The van der Waals surface area contributed by atoms with Crippen molar-refractivity contribution >= 4 is 5.97 Å². The molecule has 0 radical (unpaired) electrons. The first kappa shape index (κ1) is 17.9. The van der Waals surface area contributed by atoms with Crippen LogP contribution in [0.15, 0.2) is 42.5 Å². The molecular formula is C21H20N2O5. The summed E-state index contributed by atoms with van der Waals surface area (Å²) in [5.74, 6) is 1.26. The molecule has 2 aromatic carbocycles. The van der Waals surface area contributed by atoms with E-state index in [0.717, 1.165) is 22.4 Å². The van der Waals surface area contributed by atoms with Gasteiger partial charge in [0.15, 0.2) is 11.5 Å². The molecule has 0 spiro atoms. The van der Waals surface area contributed by atoms with Gasteiger partial charge in [-0.3, -0.25) is 9.89 Å². The number of hydrogen-bond donors (Lipinski definition) is 1. The van der Waals surface area contributed by atoms with Crippen LogP contribution in [0.3, 0.4) is 0 Å². The molecule has 2 heterocycles. The molecule has 28 heavy (non-hydrogen) atoms. The highest BCUT2D eigenvalue weighted by Crippen LogP contribution is 2.47. The highest BCUT2D eigenvalue weighted by Gasteiger charge is 2.35. The van der Waals surface area contributed by atoms with E-state index in [4.69, 9.17) is 18.9 Å². The molecule has 0 aliphatic carbocycles. The van der Waals surface area contributed by atoms with Crippen molar-refractivity contribution in [1.82, 2.24) is 10.2 Å². The summed E-state index contributed by atoms with van der Waals surface area (Å²) in [6.07, 6.45) is 0.186. The normalized spacial score (nSPS) is 15.5. The summed E-state index contributed by atoms with van der Waals surface area (Å²) in [6, 6.07) is 13.5. The first-order valence-corrected chi connectivity index (χ1v) is 8.80. The monoisotopic (exact) mass is 380 g/mol. The maximum absolute atomic E-state index is 12.2. The second-order valence-corrected chi connectivity index (χ2v) is 6.37. The second kappa shape index (κ2) is 7.26. The first-order valence-electron chi connectivity index (χ1n) is 8.80. The van der Waals surface area contributed by atoms with Crippen molar-refractivity contribution < 1.29 is 23.7 Å². The molecule has 1 N–H and O–H groups in total. The predicted octanol–water partition coefficient (Wildman–Crippen LogP) is 3.54. The summed E-state index contributed by atoms with van der Waals surface area (Å²) < 4.78 is 21.7. The first-order chi connectivity index (χ1) is 13.7. The summed E-state index contributed by atoms with van der Waals surface area (Å²) in [5, 5.41) is 7.24. The van der Waals surface area contributed by atoms with Crippen LogP contribution in [0.2, 0.25) is 0 Å². The molecule has 7 heteroatoms. The second-order valence-electron chi connectivity index (χ2n) is 6.37. The number of nitrogens with one attached hydrogen (secondary N) is 1. The molecule has 7 nitrogen and oxygen atoms in total. The molecule has 0 amide bonds. The van der Waals surface area contributed by atoms with Gasteiger partial charge >= 0.3 is 5.97 Å². The molecule has 1 aliphatic heterocycles. The van der Waals surface area contributed by atoms with Crippen molar-refractivity contribution in [1.29, 1.82) is 0 Å². The Morgan fingerprint density at radius 3 is 2.32 bits per heavy atom. The van der Waals surface area contributed by atoms with Gasteiger partial charge in [-0.15, -0.1) is 5.10 Å². The molecule has 3 aromatic rings. The van der Waals surface area contributed by atoms with Crippen molar-refractivity contribution in [2.24, 2.45) is 0 Å². The van der Waals surface area contributed by atoms with E-state index in [-0.39, 0.29) is 18.3 Å². The molecule has 0 saturated carbocycles. The highest BCUT2D eigenvalue weighted by molar-refractivity contribution is 5.80. The summed E-state index contributed by atoms with van der Waals surface area (Å²) in [6.45, 7) is 0. The number of carbonyl (C=O) groups is 1. The Kier molecular flexibility index (Phi) is 4.65. The third-order valence-corrected chi connectivity index (χ3v) is 4.85. The lowest BCUT2D eigenvalue weighted by atomic mass is 9.85. The third-order valence-electron chi connectivity index (χ3n) is 4.85. The van der Waals surface area contributed by atoms with Gasteiger partial charge < -0.3 is 18.9 Å². The Labute approximate surface area is 162 Å². The number of benzene rings is 2. The molecular weight excluding hydrogens is 360 g/mol. The van der Waals surface area contributed by atoms with Gasteiger partial charge in [-0.1, -0.05) is 30.3 Å². The Morgan fingerprint density at radius 2 is 1.71 bits per heavy atom. The lowest BCUT2D eigenvalue weighted by Crippen LogP contribution is -2.21. The van der Waals surface area contributed by atoms with Crippen LogP contribution in [0.4, 0.5) is 0 Å². The molecule has 4 rings (SSSR count). The molecule has 0 unspecified atom stereocenters. The Bertz CT molecular complexity index is 988. The van der Waals surface area contributed by atoms with Crippen molar-refractivity contribution in [3.05, 3.63) is 53.6 Å². The van der Waals surface area contributed by atoms with E-state index in [1.165, 1.54) is 0 Å². The smallest absolute Gasteiger partial charge is 0.313 e. The minimum Gasteiger partial charge on any atom is -0.493 e. The molecule has 144 valence electrons. The molecule has 0 saturated heterocycles. The number of nitrogens with zero attached hydrogens (tertiary/aromatic N) is 1. The van der Waals surface area contributed by atoms with Gasteiger partial charge in [0.2, 0.25) is 11.6 Å². The zero-order chi connectivity index (χ0) is 19.7. The number of aromatic nitrogens is 2. The summed E-state index contributed by atoms with van der Waals surface area (Å²) >= 11 is 0. The Balaban J connectivity index is 1.89. The third kappa shape index (κ3) is 2.94. The number of fused-ring (bicyclic) bond motifs is 1. The Hall–Kier alpha value is -3.48. The van der Waals surface area contributed by atoms with Crippen LogP contribution in [-0.4, -0.2) is 37.5 Å². The van der Waals surface area contributed by atoms with Crippen molar-refractivity contribution in [3.8, 4) is 34.4 Å². The minimum absolute atomic E-state index is 0.186.